The number of rotatable bonds is 8. The lowest BCUT2D eigenvalue weighted by atomic mass is 9.76. The number of aliphatic hydroxyl groups is 1. The summed E-state index contributed by atoms with van der Waals surface area (Å²) in [5.74, 6) is -1.65. The first-order valence-corrected chi connectivity index (χ1v) is 11.6. The number of aliphatic hydroxyl groups excluding tert-OH is 1. The molecule has 0 aromatic heterocycles. The SMILES string of the molecule is CC(OC[C@@]1(c2ccccc2)CC[C@@](NC(=O)CO)(C(N)=O)CN1)c1cc(C(F)(F)F)cc(C(F)(F)F)c1. The lowest BCUT2D eigenvalue weighted by molar-refractivity contribution is -0.143. The number of benzene rings is 2. The fraction of sp³-hybridized carbons (Fsp3) is 0.440. The number of alkyl halides is 6. The molecule has 1 aliphatic heterocycles. The third-order valence-corrected chi connectivity index (χ3v) is 6.69. The van der Waals surface area contributed by atoms with Gasteiger partial charge in [0.1, 0.15) is 12.1 Å². The fourth-order valence-electron chi connectivity index (χ4n) is 4.40. The number of halogens is 6. The molecule has 1 fully saturated rings. The number of amides is 2. The first-order chi connectivity index (χ1) is 17.6. The Bertz CT molecular complexity index is 1110. The first kappa shape index (κ1) is 29.4. The Balaban J connectivity index is 1.90. The number of carbonyl (C=O) groups is 2. The topological polar surface area (TPSA) is 114 Å². The maximum Gasteiger partial charge on any atom is 0.416 e. The van der Waals surface area contributed by atoms with Gasteiger partial charge in [0.05, 0.1) is 29.4 Å². The molecule has 0 aliphatic carbocycles. The summed E-state index contributed by atoms with van der Waals surface area (Å²) in [4.78, 5) is 24.0. The van der Waals surface area contributed by atoms with Crippen molar-refractivity contribution in [2.45, 2.75) is 49.3 Å². The van der Waals surface area contributed by atoms with Crippen LogP contribution in [0.25, 0.3) is 0 Å². The summed E-state index contributed by atoms with van der Waals surface area (Å²) in [5.41, 5.74) is 0.470. The standard InChI is InChI=1S/C25H27F6N3O4/c1-15(16-9-18(24(26,27)28)11-19(10-16)25(29,30)31)38-14-23(17-5-3-2-4-6-17)8-7-22(13-33-23,21(32)37)34-20(36)12-35/h2-6,9-11,15,33,35H,7-8,12-14H2,1H3,(H2,32,37)(H,34,36)/t15?,22-,23+/m0/s1. The lowest BCUT2D eigenvalue weighted by Gasteiger charge is -2.46. The van der Waals surface area contributed by atoms with E-state index in [1.165, 1.54) is 6.92 Å². The molecule has 38 heavy (non-hydrogen) atoms. The number of piperidine rings is 1. The van der Waals surface area contributed by atoms with Crippen LogP contribution in [-0.2, 0) is 32.2 Å². The van der Waals surface area contributed by atoms with Crippen molar-refractivity contribution in [2.75, 3.05) is 19.8 Å². The zero-order chi connectivity index (χ0) is 28.4. The second-order valence-corrected chi connectivity index (χ2v) is 9.25. The van der Waals surface area contributed by atoms with Gasteiger partial charge in [0.2, 0.25) is 11.8 Å². The van der Waals surface area contributed by atoms with Crippen LogP contribution in [0.15, 0.2) is 48.5 Å². The van der Waals surface area contributed by atoms with Crippen molar-refractivity contribution in [1.29, 1.82) is 0 Å². The molecular formula is C25H27F6N3O4. The van der Waals surface area contributed by atoms with Crippen molar-refractivity contribution >= 4 is 11.8 Å². The highest BCUT2D eigenvalue weighted by atomic mass is 19.4. The minimum Gasteiger partial charge on any atom is -0.387 e. The van der Waals surface area contributed by atoms with Crippen LogP contribution < -0.4 is 16.4 Å². The largest absolute Gasteiger partial charge is 0.416 e. The van der Waals surface area contributed by atoms with E-state index in [0.717, 1.165) is 0 Å². The summed E-state index contributed by atoms with van der Waals surface area (Å²) < 4.78 is 85.7. The predicted octanol–water partition coefficient (Wildman–Crippen LogP) is 3.41. The minimum atomic E-state index is -5.00. The van der Waals surface area contributed by atoms with Crippen LogP contribution in [0.5, 0.6) is 0 Å². The molecule has 0 spiro atoms. The average molecular weight is 547 g/mol. The number of ether oxygens (including phenoxy) is 1. The van der Waals surface area contributed by atoms with Gasteiger partial charge in [0.15, 0.2) is 0 Å². The Morgan fingerprint density at radius 1 is 1.05 bits per heavy atom. The average Bonchev–Trinajstić information content (AvgIpc) is 2.87. The second-order valence-electron chi connectivity index (χ2n) is 9.25. The molecule has 0 radical (unpaired) electrons. The summed E-state index contributed by atoms with van der Waals surface area (Å²) in [6, 6.07) is 9.99. The second kappa shape index (κ2) is 10.9. The molecule has 1 aliphatic rings. The number of primary amides is 1. The molecule has 1 unspecified atom stereocenters. The van der Waals surface area contributed by atoms with Gasteiger partial charge in [-0.1, -0.05) is 30.3 Å². The maximum atomic E-state index is 13.3. The van der Waals surface area contributed by atoms with E-state index in [0.29, 0.717) is 17.7 Å². The van der Waals surface area contributed by atoms with Crippen LogP contribution in [0.2, 0.25) is 0 Å². The van der Waals surface area contributed by atoms with Crippen molar-refractivity contribution in [1.82, 2.24) is 10.6 Å². The van der Waals surface area contributed by atoms with Gasteiger partial charge >= 0.3 is 12.4 Å². The third-order valence-electron chi connectivity index (χ3n) is 6.69. The van der Waals surface area contributed by atoms with Crippen molar-refractivity contribution in [2.24, 2.45) is 5.73 Å². The highest BCUT2D eigenvalue weighted by Crippen LogP contribution is 2.39. The molecule has 1 heterocycles. The summed E-state index contributed by atoms with van der Waals surface area (Å²) in [5, 5.41) is 14.7. The van der Waals surface area contributed by atoms with Crippen molar-refractivity contribution in [3.63, 3.8) is 0 Å². The number of carbonyl (C=O) groups excluding carboxylic acids is 2. The van der Waals surface area contributed by atoms with E-state index in [1.807, 2.05) is 0 Å². The van der Waals surface area contributed by atoms with Crippen LogP contribution >= 0.6 is 0 Å². The Morgan fingerprint density at radius 3 is 2.08 bits per heavy atom. The van der Waals surface area contributed by atoms with Gasteiger partial charge in [0, 0.05) is 6.54 Å². The van der Waals surface area contributed by atoms with Gasteiger partial charge in [-0.25, -0.2) is 0 Å². The van der Waals surface area contributed by atoms with Crippen LogP contribution in [0.4, 0.5) is 26.3 Å². The van der Waals surface area contributed by atoms with Crippen LogP contribution in [0.1, 0.15) is 48.1 Å². The van der Waals surface area contributed by atoms with E-state index in [9.17, 15) is 35.9 Å². The van der Waals surface area contributed by atoms with Gasteiger partial charge in [-0.3, -0.25) is 9.59 Å². The van der Waals surface area contributed by atoms with E-state index in [-0.39, 0.29) is 37.6 Å². The number of hydrogen-bond acceptors (Lipinski definition) is 5. The molecule has 1 saturated heterocycles. The highest BCUT2D eigenvalue weighted by Gasteiger charge is 2.48. The minimum absolute atomic E-state index is 0.0233. The molecule has 2 amide bonds. The van der Waals surface area contributed by atoms with E-state index in [1.54, 1.807) is 30.3 Å². The zero-order valence-electron chi connectivity index (χ0n) is 20.2. The van der Waals surface area contributed by atoms with Gasteiger partial charge in [-0.05, 0) is 49.1 Å². The summed E-state index contributed by atoms with van der Waals surface area (Å²) in [6.07, 6.45) is -11.0. The van der Waals surface area contributed by atoms with Crippen molar-refractivity contribution in [3.8, 4) is 0 Å². The van der Waals surface area contributed by atoms with Gasteiger partial charge in [-0.2, -0.15) is 26.3 Å². The summed E-state index contributed by atoms with van der Waals surface area (Å²) >= 11 is 0. The molecule has 7 nitrogen and oxygen atoms in total. The predicted molar refractivity (Wildman–Crippen MR) is 123 cm³/mol. The Hall–Kier alpha value is -3.16. The van der Waals surface area contributed by atoms with Gasteiger partial charge < -0.3 is 26.2 Å². The summed E-state index contributed by atoms with van der Waals surface area (Å²) in [6.45, 7) is 0.115. The van der Waals surface area contributed by atoms with Crippen molar-refractivity contribution < 1.29 is 45.8 Å². The molecule has 0 saturated carbocycles. The molecule has 2 aromatic rings. The number of nitrogens with two attached hydrogens (primary N) is 1. The fourth-order valence-corrected chi connectivity index (χ4v) is 4.40. The molecule has 3 atom stereocenters. The van der Waals surface area contributed by atoms with E-state index in [4.69, 9.17) is 15.6 Å². The van der Waals surface area contributed by atoms with Crippen LogP contribution in [0, 0.1) is 0 Å². The third kappa shape index (κ3) is 6.45. The molecule has 5 N–H and O–H groups in total. The normalized spacial score (nSPS) is 23.1. The molecular weight excluding hydrogens is 520 g/mol. The number of hydrogen-bond donors (Lipinski definition) is 4. The molecule has 0 bridgehead atoms. The summed E-state index contributed by atoms with van der Waals surface area (Å²) in [7, 11) is 0. The van der Waals surface area contributed by atoms with Gasteiger partial charge in [-0.15, -0.1) is 0 Å². The Kier molecular flexibility index (Phi) is 8.44. The highest BCUT2D eigenvalue weighted by molar-refractivity contribution is 5.91. The monoisotopic (exact) mass is 547 g/mol. The molecule has 13 heteroatoms. The smallest absolute Gasteiger partial charge is 0.387 e. The molecule has 3 rings (SSSR count). The first-order valence-electron chi connectivity index (χ1n) is 11.6. The zero-order valence-corrected chi connectivity index (χ0v) is 20.2. The van der Waals surface area contributed by atoms with E-state index < -0.39 is 59.1 Å². The quantitative estimate of drug-likeness (QED) is 0.379. The van der Waals surface area contributed by atoms with Crippen LogP contribution in [0.3, 0.4) is 0 Å². The van der Waals surface area contributed by atoms with Gasteiger partial charge in [0.25, 0.3) is 0 Å². The number of nitrogens with one attached hydrogen (secondary N) is 2. The molecule has 2 aromatic carbocycles. The Morgan fingerprint density at radius 2 is 1.63 bits per heavy atom. The maximum absolute atomic E-state index is 13.3. The molecule has 208 valence electrons. The van der Waals surface area contributed by atoms with E-state index in [2.05, 4.69) is 10.6 Å². The Labute approximate surface area is 214 Å². The van der Waals surface area contributed by atoms with E-state index >= 15 is 0 Å². The lowest BCUT2D eigenvalue weighted by Crippen LogP contribution is -2.69. The van der Waals surface area contributed by atoms with Crippen LogP contribution in [-0.4, -0.2) is 42.2 Å². The van der Waals surface area contributed by atoms with Crippen molar-refractivity contribution in [3.05, 3.63) is 70.8 Å².